The number of aliphatic hydroxyl groups is 8. The SMILES string of the molecule is CC(=O)N[C@H]1[C@H](O[C@H]2[C@H](O)[C@@H](NC(C)=O)[C@H](O[C@H]3[C@@H](OP(=O)(O)OC[C@H](OCCC(C)CCCCC(C)(C)CCC(C)CCC(C)CCCC(C)C)C(=O)O)O[C@H](C(=O)O)[C@@](C)(O)[C@@H]3OC(N)=O)O[C@@H]2CO[C@@H]2O[C@@H]3CO[C@@H](c4ccccc4)O[C@H]3[C@H](O)[C@H]2O)O[C@H](C)[C@@H](O[C@@H]2O[C@H](C(N)=O)[C@H](O)[C@H](O)[C@H]2O)[C@@H]1O. The van der Waals surface area contributed by atoms with Crippen molar-refractivity contribution < 1.29 is 160 Å². The van der Waals surface area contributed by atoms with E-state index >= 15 is 0 Å². The maximum absolute atomic E-state index is 14.2. The number of hydrogen-bond acceptors (Lipinski definition) is 30. The minimum Gasteiger partial charge on any atom is -0.479 e. The number of carbonyl (C=O) groups excluding carboxylic acids is 4. The molecule has 1 aromatic rings. The van der Waals surface area contributed by atoms with Crippen LogP contribution < -0.4 is 22.1 Å². The third-order valence-electron chi connectivity index (χ3n) is 20.8. The van der Waals surface area contributed by atoms with E-state index in [2.05, 4.69) is 52.2 Å². The molecule has 0 aromatic heterocycles. The van der Waals surface area contributed by atoms with Gasteiger partial charge in [-0.25, -0.2) is 18.9 Å². The number of primary amides is 2. The zero-order valence-corrected chi connectivity index (χ0v) is 64.4. The van der Waals surface area contributed by atoms with E-state index in [0.717, 1.165) is 71.1 Å². The second kappa shape index (κ2) is 40.9. The first-order valence-corrected chi connectivity index (χ1v) is 38.8. The highest BCUT2D eigenvalue weighted by Crippen LogP contribution is 2.49. The molecule has 6 heterocycles. The predicted molar refractivity (Wildman–Crippen MR) is 374 cm³/mol. The average molecular weight is 1590 g/mol. The maximum atomic E-state index is 14.2. The Balaban J connectivity index is 1.10. The molecule has 6 fully saturated rings. The first-order valence-electron chi connectivity index (χ1n) is 37.3. The number of aliphatic hydroxyl groups excluding tert-OH is 7. The molecule has 0 spiro atoms. The summed E-state index contributed by atoms with van der Waals surface area (Å²) in [6, 6.07) is 4.71. The van der Waals surface area contributed by atoms with Gasteiger partial charge in [0.15, 0.2) is 68.3 Å². The summed E-state index contributed by atoms with van der Waals surface area (Å²) in [5.41, 5.74) is 8.57. The number of phosphoric acid groups is 1. The molecule has 1 aromatic carbocycles. The lowest BCUT2D eigenvalue weighted by Gasteiger charge is -2.51. The van der Waals surface area contributed by atoms with Crippen molar-refractivity contribution in [3.05, 3.63) is 35.9 Å². The lowest BCUT2D eigenvalue weighted by molar-refractivity contribution is -0.382. The number of nitrogens with one attached hydrogen (secondary N) is 2. The molecule has 31 atom stereocenters. The molecule has 6 saturated heterocycles. The van der Waals surface area contributed by atoms with Gasteiger partial charge in [0.05, 0.1) is 25.9 Å². The van der Waals surface area contributed by atoms with Crippen molar-refractivity contribution in [1.29, 1.82) is 0 Å². The lowest BCUT2D eigenvalue weighted by atomic mass is 9.79. The second-order valence-corrected chi connectivity index (χ2v) is 32.6. The van der Waals surface area contributed by atoms with Crippen molar-refractivity contribution in [2.45, 2.75) is 319 Å². The Morgan fingerprint density at radius 3 is 1.84 bits per heavy atom. The first kappa shape index (κ1) is 91.3. The Bertz CT molecular complexity index is 3110. The molecule has 38 heteroatoms. The van der Waals surface area contributed by atoms with Crippen LogP contribution in [0, 0.1) is 29.1 Å². The molecule has 109 heavy (non-hydrogen) atoms. The summed E-state index contributed by atoms with van der Waals surface area (Å²) in [5.74, 6) is -4.63. The summed E-state index contributed by atoms with van der Waals surface area (Å²) in [6.45, 7) is 17.2. The van der Waals surface area contributed by atoms with E-state index in [1.165, 1.54) is 39.0 Å². The number of fused-ring (bicyclic) bond motifs is 1. The fraction of sp³-hybridized carbons (Fsp3) is 0.831. The number of aliphatic carboxylic acids is 2. The van der Waals surface area contributed by atoms with Gasteiger partial charge in [-0.3, -0.25) is 23.4 Å². The minimum absolute atomic E-state index is 0.0688. The van der Waals surface area contributed by atoms with Crippen molar-refractivity contribution in [3.63, 3.8) is 0 Å². The molecule has 624 valence electrons. The van der Waals surface area contributed by atoms with E-state index in [1.807, 2.05) is 6.92 Å². The van der Waals surface area contributed by atoms with Gasteiger partial charge in [-0.2, -0.15) is 0 Å². The van der Waals surface area contributed by atoms with Gasteiger partial charge in [0.25, 0.3) is 0 Å². The number of unbranched alkanes of at least 4 members (excludes halogenated alkanes) is 1. The zero-order valence-electron chi connectivity index (χ0n) is 63.5. The van der Waals surface area contributed by atoms with Crippen molar-refractivity contribution in [2.75, 3.05) is 26.4 Å². The summed E-state index contributed by atoms with van der Waals surface area (Å²) in [7, 11) is -5.83. The van der Waals surface area contributed by atoms with Crippen LogP contribution in [-0.4, -0.2) is 277 Å². The number of carbonyl (C=O) groups is 6. The Kier molecular flexibility index (Phi) is 34.3. The Morgan fingerprint density at radius 2 is 1.24 bits per heavy atom. The molecule has 0 radical (unpaired) electrons. The summed E-state index contributed by atoms with van der Waals surface area (Å²) in [5, 5.41) is 117. The molecular weight excluding hydrogens is 1470 g/mol. The van der Waals surface area contributed by atoms with Crippen LogP contribution in [-0.2, 0) is 99.2 Å². The summed E-state index contributed by atoms with van der Waals surface area (Å²) < 4.78 is 102. The van der Waals surface area contributed by atoms with E-state index < -0.39 is 222 Å². The minimum atomic E-state index is -5.83. The van der Waals surface area contributed by atoms with Crippen LogP contribution in [0.2, 0.25) is 0 Å². The molecule has 7 rings (SSSR count). The second-order valence-electron chi connectivity index (χ2n) is 31.2. The molecular formula is C71H117N4O33P. The summed E-state index contributed by atoms with van der Waals surface area (Å²) >= 11 is 0. The van der Waals surface area contributed by atoms with E-state index in [9.17, 15) is 89.3 Å². The van der Waals surface area contributed by atoms with Crippen molar-refractivity contribution in [2.24, 2.45) is 40.6 Å². The zero-order chi connectivity index (χ0) is 80.7. The Labute approximate surface area is 633 Å². The van der Waals surface area contributed by atoms with Gasteiger partial charge in [0, 0.05) is 26.0 Å². The lowest BCUT2D eigenvalue weighted by Crippen LogP contribution is -2.72. The third-order valence-corrected chi connectivity index (χ3v) is 21.7. The summed E-state index contributed by atoms with van der Waals surface area (Å²) in [6.07, 6.45) is -36.3. The van der Waals surface area contributed by atoms with Crippen LogP contribution in [0.1, 0.15) is 165 Å². The van der Waals surface area contributed by atoms with Gasteiger partial charge in [-0.15, -0.1) is 0 Å². The van der Waals surface area contributed by atoms with Crippen LogP contribution in [0.5, 0.6) is 0 Å². The van der Waals surface area contributed by atoms with Crippen molar-refractivity contribution >= 4 is 43.6 Å². The number of amides is 4. The summed E-state index contributed by atoms with van der Waals surface area (Å²) in [4.78, 5) is 88.3. The van der Waals surface area contributed by atoms with E-state index in [1.54, 1.807) is 30.3 Å². The maximum Gasteiger partial charge on any atom is 0.474 e. The fourth-order valence-corrected chi connectivity index (χ4v) is 15.1. The number of benzene rings is 1. The molecule has 17 N–H and O–H groups in total. The normalized spacial score (nSPS) is 36.8. The average Bonchev–Trinajstić information content (AvgIpc) is 0.749. The van der Waals surface area contributed by atoms with Crippen LogP contribution >= 0.6 is 7.82 Å². The van der Waals surface area contributed by atoms with Gasteiger partial charge in [-0.05, 0) is 62.2 Å². The fourth-order valence-electron chi connectivity index (χ4n) is 14.3. The van der Waals surface area contributed by atoms with E-state index in [-0.39, 0.29) is 24.5 Å². The van der Waals surface area contributed by atoms with Gasteiger partial charge < -0.3 is 140 Å². The number of carboxylic acids is 2. The van der Waals surface area contributed by atoms with Gasteiger partial charge in [0.2, 0.25) is 17.7 Å². The highest BCUT2D eigenvalue weighted by atomic mass is 31.2. The number of nitrogens with two attached hydrogens (primary N) is 2. The largest absolute Gasteiger partial charge is 0.479 e. The van der Waals surface area contributed by atoms with Crippen LogP contribution in [0.25, 0.3) is 0 Å². The number of carboxylic acid groups (broad SMARTS) is 2. The van der Waals surface area contributed by atoms with E-state index in [0.29, 0.717) is 17.9 Å². The quantitative estimate of drug-likeness (QED) is 0.0323. The number of rotatable bonds is 40. The van der Waals surface area contributed by atoms with Crippen LogP contribution in [0.4, 0.5) is 4.79 Å². The third kappa shape index (κ3) is 25.6. The Morgan fingerprint density at radius 1 is 0.651 bits per heavy atom. The molecule has 0 bridgehead atoms. The van der Waals surface area contributed by atoms with E-state index in [4.69, 9.17) is 82.1 Å². The molecule has 0 saturated carbocycles. The van der Waals surface area contributed by atoms with Crippen molar-refractivity contribution in [1.82, 2.24) is 10.6 Å². The first-order chi connectivity index (χ1) is 51.1. The molecule has 4 unspecified atom stereocenters. The van der Waals surface area contributed by atoms with Gasteiger partial charge in [0.1, 0.15) is 90.9 Å². The molecule has 37 nitrogen and oxygen atoms in total. The standard InChI is InChI=1S/C71H117N4O33P/c1-33(2)18-17-20-34(3)23-24-36(5)25-28-70(9,10)27-16-15-19-35(4)26-29-94-43(61(86)87)32-97-109(92,93)108-68-57(58(107-69(73)90)71(11,91)59(106-68)62(88)89)105-65-45(75-39(8)77)47(79)54(41(99-65)31-96-66-52(84)50(82)55-42(100-66)30-95-63(102-55)40-21-13-12-14-22-40)103-64-44(74-38(7)76)46(78)53(37(6)98-64)101-67-51(83)48(80)49(81)56(104-67)60(72)85/h12-14,21-22,33-37,41-59,63-68,78-84,91H,15-20,23-32H2,1-11H3,(H2,72,85)(H2,73,90)(H,74,76)(H,75,77)(H,86,87)(H,88,89)(H,92,93)/t34?,35?,36?,37-,41-,42-,43+,44-,45-,46-,47-,48+,49-,50-,51-,52-,53-,54-,55-,56+,57-,58-,59-,63-,64+,65+,66-,67-,68-,71+/m1/s1. The molecule has 6 aliphatic heterocycles. The molecule has 6 aliphatic rings. The monoisotopic (exact) mass is 1580 g/mol. The highest BCUT2D eigenvalue weighted by Gasteiger charge is 2.63. The number of phosphoric ester groups is 1. The number of hydrogen-bond donors (Lipinski definition) is 15. The van der Waals surface area contributed by atoms with Gasteiger partial charge in [-0.1, -0.05) is 137 Å². The number of ether oxygens (including phenoxy) is 13. The topological polar surface area (TPSA) is 557 Å². The Hall–Kier alpha value is -4.85. The predicted octanol–water partition coefficient (Wildman–Crippen LogP) is 1.11. The van der Waals surface area contributed by atoms with Crippen LogP contribution in [0.15, 0.2) is 30.3 Å². The highest BCUT2D eigenvalue weighted by molar-refractivity contribution is 7.47. The van der Waals surface area contributed by atoms with Gasteiger partial charge >= 0.3 is 25.9 Å². The van der Waals surface area contributed by atoms with Crippen LogP contribution in [0.3, 0.4) is 0 Å². The smallest absolute Gasteiger partial charge is 0.474 e. The molecule has 4 amide bonds. The van der Waals surface area contributed by atoms with Crippen molar-refractivity contribution in [3.8, 4) is 0 Å². The molecule has 0 aliphatic carbocycles.